The average Bonchev–Trinajstić information content (AvgIpc) is 2.46. The first-order valence-corrected chi connectivity index (χ1v) is 8.83. The molecule has 1 aromatic rings. The van der Waals surface area contributed by atoms with Gasteiger partial charge in [-0.15, -0.1) is 0 Å². The molecule has 21 heavy (non-hydrogen) atoms. The van der Waals surface area contributed by atoms with Crippen molar-refractivity contribution in [1.29, 1.82) is 0 Å². The Balaban J connectivity index is 2.23. The summed E-state index contributed by atoms with van der Waals surface area (Å²) < 4.78 is 28.7. The van der Waals surface area contributed by atoms with E-state index in [0.717, 1.165) is 30.6 Å². The number of nitrogens with zero attached hydrogens (tertiary/aromatic N) is 2. The molecule has 0 aliphatic carbocycles. The monoisotopic (exact) mass is 311 g/mol. The predicted octanol–water partition coefficient (Wildman–Crippen LogP) is 1.47. The van der Waals surface area contributed by atoms with Crippen molar-refractivity contribution in [3.05, 3.63) is 29.8 Å². The molecule has 118 valence electrons. The quantitative estimate of drug-likeness (QED) is 0.810. The third-order valence-electron chi connectivity index (χ3n) is 3.88. The van der Waals surface area contributed by atoms with Gasteiger partial charge in [0.25, 0.3) is 0 Å². The van der Waals surface area contributed by atoms with Gasteiger partial charge in [0.1, 0.15) is 0 Å². The second kappa shape index (κ2) is 6.77. The number of anilines is 1. The Hall–Kier alpha value is -1.11. The lowest BCUT2D eigenvalue weighted by atomic mass is 9.96. The first-order valence-electron chi connectivity index (χ1n) is 7.43. The third kappa shape index (κ3) is 3.56. The van der Waals surface area contributed by atoms with E-state index in [0.29, 0.717) is 19.0 Å². The minimum Gasteiger partial charge on any atom is -0.320 e. The summed E-state index contributed by atoms with van der Waals surface area (Å²) in [5.74, 6) is 0.334. The maximum Gasteiger partial charge on any atom is 0.303 e. The minimum atomic E-state index is -3.45. The van der Waals surface area contributed by atoms with Crippen molar-refractivity contribution in [2.24, 2.45) is 5.92 Å². The molecule has 5 nitrogen and oxygen atoms in total. The van der Waals surface area contributed by atoms with Crippen LogP contribution in [0.5, 0.6) is 0 Å². The SMILES string of the molecule is CNCCCN(C)S(=O)(=O)N1CC(C)Cc2ccccc21. The summed E-state index contributed by atoms with van der Waals surface area (Å²) in [6.45, 7) is 3.98. The van der Waals surface area contributed by atoms with E-state index in [2.05, 4.69) is 12.2 Å². The molecule has 6 heteroatoms. The molecular formula is C15H25N3O2S. The highest BCUT2D eigenvalue weighted by molar-refractivity contribution is 7.90. The van der Waals surface area contributed by atoms with E-state index in [9.17, 15) is 8.42 Å². The fourth-order valence-electron chi connectivity index (χ4n) is 2.73. The second-order valence-corrected chi connectivity index (χ2v) is 7.72. The smallest absolute Gasteiger partial charge is 0.303 e. The average molecular weight is 311 g/mol. The molecule has 0 amide bonds. The van der Waals surface area contributed by atoms with Crippen molar-refractivity contribution in [3.63, 3.8) is 0 Å². The molecule has 0 spiro atoms. The van der Waals surface area contributed by atoms with Gasteiger partial charge in [0, 0.05) is 20.1 Å². The molecule has 2 rings (SSSR count). The van der Waals surface area contributed by atoms with E-state index >= 15 is 0 Å². The first kappa shape index (κ1) is 16.3. The van der Waals surface area contributed by atoms with Crippen LogP contribution < -0.4 is 9.62 Å². The minimum absolute atomic E-state index is 0.334. The van der Waals surface area contributed by atoms with E-state index < -0.39 is 10.2 Å². The molecule has 0 aromatic heterocycles. The van der Waals surface area contributed by atoms with Crippen molar-refractivity contribution in [1.82, 2.24) is 9.62 Å². The van der Waals surface area contributed by atoms with Crippen molar-refractivity contribution in [3.8, 4) is 0 Å². The summed E-state index contributed by atoms with van der Waals surface area (Å²) >= 11 is 0. The summed E-state index contributed by atoms with van der Waals surface area (Å²) in [6.07, 6.45) is 1.74. The summed E-state index contributed by atoms with van der Waals surface area (Å²) in [5.41, 5.74) is 1.94. The molecule has 1 aliphatic rings. The molecule has 1 aromatic carbocycles. The summed E-state index contributed by atoms with van der Waals surface area (Å²) in [7, 11) is 0.0818. The maximum absolute atomic E-state index is 12.8. The van der Waals surface area contributed by atoms with Crippen LogP contribution >= 0.6 is 0 Å². The van der Waals surface area contributed by atoms with Crippen LogP contribution in [-0.2, 0) is 16.6 Å². The van der Waals surface area contributed by atoms with Crippen LogP contribution in [0.3, 0.4) is 0 Å². The fourth-order valence-corrected chi connectivity index (χ4v) is 4.29. The zero-order chi connectivity index (χ0) is 15.5. The maximum atomic E-state index is 12.8. The van der Waals surface area contributed by atoms with E-state index in [1.165, 1.54) is 4.31 Å². The van der Waals surface area contributed by atoms with Crippen LogP contribution in [0, 0.1) is 5.92 Å². The van der Waals surface area contributed by atoms with E-state index in [4.69, 9.17) is 0 Å². The van der Waals surface area contributed by atoms with Gasteiger partial charge in [-0.1, -0.05) is 25.1 Å². The molecule has 1 unspecified atom stereocenters. The Kier molecular flexibility index (Phi) is 5.24. The topological polar surface area (TPSA) is 52.7 Å². The molecule has 0 bridgehead atoms. The van der Waals surface area contributed by atoms with Gasteiger partial charge in [0.05, 0.1) is 5.69 Å². The number of rotatable bonds is 6. The largest absolute Gasteiger partial charge is 0.320 e. The van der Waals surface area contributed by atoms with Crippen LogP contribution in [0.25, 0.3) is 0 Å². The second-order valence-electron chi connectivity index (χ2n) is 5.76. The van der Waals surface area contributed by atoms with Gasteiger partial charge in [-0.25, -0.2) is 0 Å². The van der Waals surface area contributed by atoms with Crippen molar-refractivity contribution >= 4 is 15.9 Å². The van der Waals surface area contributed by atoms with Crippen LogP contribution in [0.1, 0.15) is 18.9 Å². The first-order chi connectivity index (χ1) is 9.96. The highest BCUT2D eigenvalue weighted by Gasteiger charge is 2.32. The number of benzene rings is 1. The zero-order valence-corrected chi connectivity index (χ0v) is 13.9. The normalized spacial score (nSPS) is 18.9. The van der Waals surface area contributed by atoms with E-state index in [-0.39, 0.29) is 0 Å². The summed E-state index contributed by atoms with van der Waals surface area (Å²) in [5, 5.41) is 3.04. The van der Waals surface area contributed by atoms with Crippen LogP contribution in [-0.4, -0.2) is 46.5 Å². The number of para-hydroxylation sites is 1. The van der Waals surface area contributed by atoms with Gasteiger partial charge in [-0.3, -0.25) is 4.31 Å². The molecule has 0 saturated heterocycles. The molecule has 0 fully saturated rings. The van der Waals surface area contributed by atoms with Crippen molar-refractivity contribution in [2.45, 2.75) is 19.8 Å². The number of hydrogen-bond donors (Lipinski definition) is 1. The van der Waals surface area contributed by atoms with Crippen molar-refractivity contribution < 1.29 is 8.42 Å². The fraction of sp³-hybridized carbons (Fsp3) is 0.600. The molecular weight excluding hydrogens is 286 g/mol. The van der Waals surface area contributed by atoms with Gasteiger partial charge >= 0.3 is 10.2 Å². The molecule has 1 aliphatic heterocycles. The van der Waals surface area contributed by atoms with Gasteiger partial charge < -0.3 is 5.32 Å². The molecule has 1 heterocycles. The molecule has 1 atom stereocenters. The van der Waals surface area contributed by atoms with Gasteiger partial charge in [0.2, 0.25) is 0 Å². The Morgan fingerprint density at radius 2 is 2.10 bits per heavy atom. The molecule has 0 radical (unpaired) electrons. The standard InChI is InChI=1S/C15H25N3O2S/c1-13-11-14-7-4-5-8-15(14)18(12-13)21(19,20)17(3)10-6-9-16-2/h4-5,7-8,13,16H,6,9-12H2,1-3H3. The lowest BCUT2D eigenvalue weighted by molar-refractivity contribution is 0.447. The Labute approximate surface area is 128 Å². The van der Waals surface area contributed by atoms with E-state index in [1.54, 1.807) is 11.4 Å². The Bertz CT molecular complexity index is 574. The number of hydrogen-bond acceptors (Lipinski definition) is 3. The molecule has 0 saturated carbocycles. The Morgan fingerprint density at radius 1 is 1.38 bits per heavy atom. The number of fused-ring (bicyclic) bond motifs is 1. The highest BCUT2D eigenvalue weighted by Crippen LogP contribution is 2.32. The van der Waals surface area contributed by atoms with Crippen LogP contribution in [0.2, 0.25) is 0 Å². The Morgan fingerprint density at radius 3 is 2.81 bits per heavy atom. The third-order valence-corrected chi connectivity index (χ3v) is 5.75. The molecule has 1 N–H and O–H groups in total. The van der Waals surface area contributed by atoms with Gasteiger partial charge in [0.15, 0.2) is 0 Å². The lowest BCUT2D eigenvalue weighted by Crippen LogP contribution is -2.46. The van der Waals surface area contributed by atoms with Crippen LogP contribution in [0.4, 0.5) is 5.69 Å². The zero-order valence-electron chi connectivity index (χ0n) is 13.0. The highest BCUT2D eigenvalue weighted by atomic mass is 32.2. The summed E-state index contributed by atoms with van der Waals surface area (Å²) in [4.78, 5) is 0. The van der Waals surface area contributed by atoms with Crippen molar-refractivity contribution in [2.75, 3.05) is 38.0 Å². The lowest BCUT2D eigenvalue weighted by Gasteiger charge is -2.36. The van der Waals surface area contributed by atoms with Crippen LogP contribution in [0.15, 0.2) is 24.3 Å². The van der Waals surface area contributed by atoms with Gasteiger partial charge in [-0.05, 0) is 44.0 Å². The van der Waals surface area contributed by atoms with E-state index in [1.807, 2.05) is 31.3 Å². The van der Waals surface area contributed by atoms with Gasteiger partial charge in [-0.2, -0.15) is 12.7 Å². The summed E-state index contributed by atoms with van der Waals surface area (Å²) in [6, 6.07) is 7.80. The number of nitrogens with one attached hydrogen (secondary N) is 1. The predicted molar refractivity (Wildman–Crippen MR) is 86.7 cm³/mol.